The Labute approximate surface area is 90.0 Å². The predicted octanol–water partition coefficient (Wildman–Crippen LogP) is 0.933. The normalized spacial score (nSPS) is 24.6. The molecule has 1 heterocycles. The molecule has 1 saturated heterocycles. The highest BCUT2D eigenvalue weighted by molar-refractivity contribution is 7.99. The van der Waals surface area contributed by atoms with E-state index in [1.165, 1.54) is 0 Å². The van der Waals surface area contributed by atoms with Crippen molar-refractivity contribution < 1.29 is 9.53 Å². The Bertz CT molecular complexity index is 181. The highest BCUT2D eigenvalue weighted by Gasteiger charge is 2.24. The Morgan fingerprint density at radius 3 is 3.07 bits per heavy atom. The van der Waals surface area contributed by atoms with Crippen LogP contribution in [0.1, 0.15) is 13.3 Å². The summed E-state index contributed by atoms with van der Waals surface area (Å²) in [6.45, 7) is 3.62. The molecule has 0 saturated carbocycles. The molecule has 0 spiro atoms. The SMILES string of the molecule is COCCC(C)C(=O)C1CSCCN1. The number of thioether (sulfide) groups is 1. The lowest BCUT2D eigenvalue weighted by Gasteiger charge is -2.24. The van der Waals surface area contributed by atoms with Crippen LogP contribution in [0.25, 0.3) is 0 Å². The van der Waals surface area contributed by atoms with Crippen LogP contribution >= 0.6 is 11.8 Å². The van der Waals surface area contributed by atoms with Crippen LogP contribution in [-0.2, 0) is 9.53 Å². The maximum atomic E-state index is 11.9. The van der Waals surface area contributed by atoms with E-state index >= 15 is 0 Å². The molecule has 1 N–H and O–H groups in total. The molecule has 2 atom stereocenters. The molecule has 4 heteroatoms. The largest absolute Gasteiger partial charge is 0.385 e. The van der Waals surface area contributed by atoms with Crippen molar-refractivity contribution >= 4 is 17.5 Å². The molecule has 14 heavy (non-hydrogen) atoms. The lowest BCUT2D eigenvalue weighted by molar-refractivity contribution is -0.124. The van der Waals surface area contributed by atoms with Gasteiger partial charge in [-0.15, -0.1) is 0 Å². The first-order chi connectivity index (χ1) is 6.75. The lowest BCUT2D eigenvalue weighted by Crippen LogP contribution is -2.45. The van der Waals surface area contributed by atoms with Gasteiger partial charge in [0.2, 0.25) is 0 Å². The second-order valence-electron chi connectivity index (χ2n) is 3.67. The summed E-state index contributed by atoms with van der Waals surface area (Å²) in [7, 11) is 1.67. The Morgan fingerprint density at radius 1 is 1.71 bits per heavy atom. The topological polar surface area (TPSA) is 38.3 Å². The first-order valence-corrected chi connectivity index (χ1v) is 6.25. The van der Waals surface area contributed by atoms with E-state index in [4.69, 9.17) is 4.74 Å². The molecule has 3 nitrogen and oxygen atoms in total. The van der Waals surface area contributed by atoms with E-state index in [9.17, 15) is 4.79 Å². The van der Waals surface area contributed by atoms with Crippen molar-refractivity contribution in [2.24, 2.45) is 5.92 Å². The molecule has 82 valence electrons. The average molecular weight is 217 g/mol. The third-order valence-corrected chi connectivity index (χ3v) is 3.57. The van der Waals surface area contributed by atoms with Crippen LogP contribution in [0.3, 0.4) is 0 Å². The maximum absolute atomic E-state index is 11.9. The number of carbonyl (C=O) groups is 1. The summed E-state index contributed by atoms with van der Waals surface area (Å²) in [4.78, 5) is 11.9. The molecule has 0 aromatic carbocycles. The molecule has 0 aliphatic carbocycles. The zero-order valence-corrected chi connectivity index (χ0v) is 9.73. The smallest absolute Gasteiger partial charge is 0.153 e. The van der Waals surface area contributed by atoms with Crippen molar-refractivity contribution in [3.8, 4) is 0 Å². The Balaban J connectivity index is 2.30. The van der Waals surface area contributed by atoms with Crippen molar-refractivity contribution in [3.05, 3.63) is 0 Å². The molecule has 0 aromatic rings. The zero-order chi connectivity index (χ0) is 10.4. The van der Waals surface area contributed by atoms with Crippen molar-refractivity contribution in [2.75, 3.05) is 31.8 Å². The van der Waals surface area contributed by atoms with Crippen LogP contribution in [0.15, 0.2) is 0 Å². The van der Waals surface area contributed by atoms with Crippen LogP contribution in [0.5, 0.6) is 0 Å². The maximum Gasteiger partial charge on any atom is 0.153 e. The second-order valence-corrected chi connectivity index (χ2v) is 4.82. The minimum Gasteiger partial charge on any atom is -0.385 e. The summed E-state index contributed by atoms with van der Waals surface area (Å²) in [5.74, 6) is 2.51. The zero-order valence-electron chi connectivity index (χ0n) is 8.91. The summed E-state index contributed by atoms with van der Waals surface area (Å²) >= 11 is 1.86. The van der Waals surface area contributed by atoms with Gasteiger partial charge in [-0.2, -0.15) is 11.8 Å². The predicted molar refractivity (Wildman–Crippen MR) is 59.8 cm³/mol. The highest BCUT2D eigenvalue weighted by atomic mass is 32.2. The minimum absolute atomic E-state index is 0.0700. The molecule has 1 fully saturated rings. The Hall–Kier alpha value is -0.0600. The van der Waals surface area contributed by atoms with Gasteiger partial charge in [-0.1, -0.05) is 6.92 Å². The number of nitrogens with one attached hydrogen (secondary N) is 1. The van der Waals surface area contributed by atoms with E-state index < -0.39 is 0 Å². The van der Waals surface area contributed by atoms with Gasteiger partial charge in [0.1, 0.15) is 0 Å². The summed E-state index contributed by atoms with van der Waals surface area (Å²) in [6, 6.07) is 0.0700. The van der Waals surface area contributed by atoms with E-state index in [2.05, 4.69) is 5.32 Å². The molecule has 0 radical (unpaired) electrons. The fraction of sp³-hybridized carbons (Fsp3) is 0.900. The summed E-state index contributed by atoms with van der Waals surface area (Å²) < 4.78 is 4.97. The third-order valence-electron chi connectivity index (χ3n) is 2.51. The fourth-order valence-corrected chi connectivity index (χ4v) is 2.48. The number of rotatable bonds is 5. The molecule has 1 aliphatic rings. The summed E-state index contributed by atoms with van der Waals surface area (Å²) in [5, 5.41) is 3.26. The fourth-order valence-electron chi connectivity index (χ4n) is 1.53. The average Bonchev–Trinajstić information content (AvgIpc) is 2.26. The lowest BCUT2D eigenvalue weighted by atomic mass is 9.98. The number of hydrogen-bond donors (Lipinski definition) is 1. The monoisotopic (exact) mass is 217 g/mol. The highest BCUT2D eigenvalue weighted by Crippen LogP contribution is 2.13. The van der Waals surface area contributed by atoms with Crippen LogP contribution in [0.4, 0.5) is 0 Å². The van der Waals surface area contributed by atoms with Crippen LogP contribution < -0.4 is 5.32 Å². The van der Waals surface area contributed by atoms with Crippen LogP contribution in [-0.4, -0.2) is 43.6 Å². The molecule has 1 rings (SSSR count). The Kier molecular flexibility index (Phi) is 5.52. The number of Topliss-reactive ketones (excluding diaryl/α,β-unsaturated/α-hetero) is 1. The van der Waals surface area contributed by atoms with Gasteiger partial charge in [-0.05, 0) is 6.42 Å². The van der Waals surface area contributed by atoms with E-state index in [1.807, 2.05) is 18.7 Å². The van der Waals surface area contributed by atoms with Crippen molar-refractivity contribution in [2.45, 2.75) is 19.4 Å². The van der Waals surface area contributed by atoms with E-state index in [0.29, 0.717) is 12.4 Å². The molecular weight excluding hydrogens is 198 g/mol. The standard InChI is InChI=1S/C10H19NO2S/c1-8(3-5-13-2)10(12)9-7-14-6-4-11-9/h8-9,11H,3-7H2,1-2H3. The Morgan fingerprint density at radius 2 is 2.50 bits per heavy atom. The summed E-state index contributed by atoms with van der Waals surface area (Å²) in [5.41, 5.74) is 0. The van der Waals surface area contributed by atoms with Crippen molar-refractivity contribution in [1.29, 1.82) is 0 Å². The number of methoxy groups -OCH3 is 1. The minimum atomic E-state index is 0.0700. The molecule has 0 aromatic heterocycles. The number of hydrogen-bond acceptors (Lipinski definition) is 4. The van der Waals surface area contributed by atoms with Crippen molar-refractivity contribution in [3.63, 3.8) is 0 Å². The van der Waals surface area contributed by atoms with E-state index in [0.717, 1.165) is 24.5 Å². The van der Waals surface area contributed by atoms with Crippen LogP contribution in [0.2, 0.25) is 0 Å². The van der Waals surface area contributed by atoms with Gasteiger partial charge in [0.15, 0.2) is 5.78 Å². The van der Waals surface area contributed by atoms with Crippen molar-refractivity contribution in [1.82, 2.24) is 5.32 Å². The molecule has 1 aliphatic heterocycles. The van der Waals surface area contributed by atoms with Crippen LogP contribution in [0, 0.1) is 5.92 Å². The van der Waals surface area contributed by atoms with Gasteiger partial charge < -0.3 is 10.1 Å². The van der Waals surface area contributed by atoms with E-state index in [1.54, 1.807) is 7.11 Å². The number of ketones is 1. The molecule has 2 unspecified atom stereocenters. The van der Waals surface area contributed by atoms with Gasteiger partial charge in [0, 0.05) is 37.7 Å². The first kappa shape index (κ1) is 12.0. The molecule has 0 bridgehead atoms. The van der Waals surface area contributed by atoms with E-state index in [-0.39, 0.29) is 12.0 Å². The first-order valence-electron chi connectivity index (χ1n) is 5.09. The second kappa shape index (κ2) is 6.43. The van der Waals surface area contributed by atoms with Gasteiger partial charge >= 0.3 is 0 Å². The number of ether oxygens (including phenoxy) is 1. The van der Waals surface area contributed by atoms with Gasteiger partial charge in [-0.3, -0.25) is 4.79 Å². The molecular formula is C10H19NO2S. The quantitative estimate of drug-likeness (QED) is 0.743. The van der Waals surface area contributed by atoms with Gasteiger partial charge in [-0.25, -0.2) is 0 Å². The third kappa shape index (κ3) is 3.59. The molecule has 0 amide bonds. The van der Waals surface area contributed by atoms with Gasteiger partial charge in [0.05, 0.1) is 6.04 Å². The number of carbonyl (C=O) groups excluding carboxylic acids is 1. The van der Waals surface area contributed by atoms with Gasteiger partial charge in [0.25, 0.3) is 0 Å². The summed E-state index contributed by atoms with van der Waals surface area (Å²) in [6.07, 6.45) is 0.832.